The van der Waals surface area contributed by atoms with Gasteiger partial charge in [0.2, 0.25) is 0 Å². The number of hydrogen-bond donors (Lipinski definition) is 1. The number of hydrogen-bond acceptors (Lipinski definition) is 3. The molecule has 1 amide bonds. The normalized spacial score (nSPS) is 15.3. The van der Waals surface area contributed by atoms with Crippen LogP contribution in [0.25, 0.3) is 10.9 Å². The second-order valence-electron chi connectivity index (χ2n) is 7.85. The zero-order chi connectivity index (χ0) is 20.2. The fraction of sp³-hybridized carbons (Fsp3) is 0.360. The van der Waals surface area contributed by atoms with E-state index in [4.69, 9.17) is 4.98 Å². The minimum Gasteiger partial charge on any atom is -0.356 e. The molecular weight excluding hydrogens is 358 g/mol. The first kappa shape index (κ1) is 19.4. The molecule has 4 rings (SSSR count). The molecule has 4 nitrogen and oxygen atoms in total. The summed E-state index contributed by atoms with van der Waals surface area (Å²) in [5, 5.41) is 4.20. The predicted octanol–water partition coefficient (Wildman–Crippen LogP) is 5.41. The van der Waals surface area contributed by atoms with Gasteiger partial charge in [0.15, 0.2) is 0 Å². The molecule has 0 saturated carbocycles. The monoisotopic (exact) mass is 387 g/mol. The molecule has 1 atom stereocenters. The third-order valence-corrected chi connectivity index (χ3v) is 5.91. The van der Waals surface area contributed by atoms with Gasteiger partial charge in [0.25, 0.3) is 5.91 Å². The number of rotatable bonds is 5. The van der Waals surface area contributed by atoms with Crippen LogP contribution in [-0.2, 0) is 0 Å². The van der Waals surface area contributed by atoms with Crippen LogP contribution in [0.15, 0.2) is 54.6 Å². The Labute approximate surface area is 173 Å². The summed E-state index contributed by atoms with van der Waals surface area (Å²) in [6, 6.07) is 18.2. The molecule has 1 saturated heterocycles. The van der Waals surface area contributed by atoms with Crippen LogP contribution in [0, 0.1) is 6.92 Å². The Morgan fingerprint density at radius 1 is 1.03 bits per heavy atom. The number of fused-ring (bicyclic) bond motifs is 1. The molecule has 1 aliphatic heterocycles. The zero-order valence-corrected chi connectivity index (χ0v) is 17.3. The number of benzene rings is 2. The fourth-order valence-corrected chi connectivity index (χ4v) is 4.34. The number of carbonyl (C=O) groups is 1. The first-order valence-corrected chi connectivity index (χ1v) is 10.7. The van der Waals surface area contributed by atoms with Crippen LogP contribution in [0.4, 0.5) is 5.82 Å². The summed E-state index contributed by atoms with van der Waals surface area (Å²) in [5.41, 5.74) is 3.75. The third kappa shape index (κ3) is 3.98. The number of para-hydroxylation sites is 1. The lowest BCUT2D eigenvalue weighted by Gasteiger charge is -2.30. The molecule has 2 heterocycles. The number of carbonyl (C=O) groups excluding carboxylic acids is 1. The van der Waals surface area contributed by atoms with E-state index in [1.807, 2.05) is 49.4 Å². The first-order valence-electron chi connectivity index (χ1n) is 10.7. The van der Waals surface area contributed by atoms with Crippen LogP contribution in [0.1, 0.15) is 60.1 Å². The molecule has 29 heavy (non-hydrogen) atoms. The molecule has 0 bridgehead atoms. The molecule has 1 aliphatic rings. The van der Waals surface area contributed by atoms with Gasteiger partial charge in [-0.3, -0.25) is 4.79 Å². The van der Waals surface area contributed by atoms with Crippen LogP contribution in [-0.4, -0.2) is 24.0 Å². The van der Waals surface area contributed by atoms with E-state index in [-0.39, 0.29) is 11.9 Å². The van der Waals surface area contributed by atoms with Gasteiger partial charge >= 0.3 is 0 Å². The molecule has 1 unspecified atom stereocenters. The smallest absolute Gasteiger partial charge is 0.252 e. The summed E-state index contributed by atoms with van der Waals surface area (Å²) >= 11 is 0. The second-order valence-corrected chi connectivity index (χ2v) is 7.85. The SMILES string of the molecule is CCC(NC(=O)c1c(C)c(N2CCCCC2)nc2ccccc12)c1ccccc1. The van der Waals surface area contributed by atoms with Crippen LogP contribution in [0.5, 0.6) is 0 Å². The number of nitrogens with zero attached hydrogens (tertiary/aromatic N) is 2. The molecule has 150 valence electrons. The van der Waals surface area contributed by atoms with E-state index in [0.29, 0.717) is 0 Å². The number of anilines is 1. The van der Waals surface area contributed by atoms with Crippen molar-refractivity contribution in [3.8, 4) is 0 Å². The lowest BCUT2D eigenvalue weighted by atomic mass is 9.99. The Balaban J connectivity index is 1.75. The number of aromatic nitrogens is 1. The van der Waals surface area contributed by atoms with Crippen molar-refractivity contribution in [1.82, 2.24) is 10.3 Å². The van der Waals surface area contributed by atoms with Crippen molar-refractivity contribution in [3.63, 3.8) is 0 Å². The highest BCUT2D eigenvalue weighted by Gasteiger charge is 2.23. The van der Waals surface area contributed by atoms with Crippen molar-refractivity contribution < 1.29 is 4.79 Å². The zero-order valence-electron chi connectivity index (χ0n) is 17.3. The highest BCUT2D eigenvalue weighted by atomic mass is 16.1. The van der Waals surface area contributed by atoms with Gasteiger partial charge < -0.3 is 10.2 Å². The van der Waals surface area contributed by atoms with E-state index in [2.05, 4.69) is 29.3 Å². The Morgan fingerprint density at radius 3 is 2.45 bits per heavy atom. The number of piperidine rings is 1. The largest absolute Gasteiger partial charge is 0.356 e. The molecule has 2 aromatic carbocycles. The molecule has 0 radical (unpaired) electrons. The van der Waals surface area contributed by atoms with Crippen LogP contribution in [0.3, 0.4) is 0 Å². The minimum absolute atomic E-state index is 0.00605. The molecule has 1 aromatic heterocycles. The number of nitrogens with one attached hydrogen (secondary N) is 1. The third-order valence-electron chi connectivity index (χ3n) is 5.91. The van der Waals surface area contributed by atoms with Crippen molar-refractivity contribution in [2.24, 2.45) is 0 Å². The van der Waals surface area contributed by atoms with Crippen molar-refractivity contribution in [2.75, 3.05) is 18.0 Å². The molecule has 1 fully saturated rings. The highest BCUT2D eigenvalue weighted by Crippen LogP contribution is 2.30. The van der Waals surface area contributed by atoms with Crippen molar-refractivity contribution >= 4 is 22.6 Å². The molecule has 3 aromatic rings. The van der Waals surface area contributed by atoms with Gasteiger partial charge in [-0.05, 0) is 44.2 Å². The first-order chi connectivity index (χ1) is 14.2. The minimum atomic E-state index is -0.0185. The van der Waals surface area contributed by atoms with Gasteiger partial charge in [0.1, 0.15) is 5.82 Å². The highest BCUT2D eigenvalue weighted by molar-refractivity contribution is 6.08. The summed E-state index contributed by atoms with van der Waals surface area (Å²) in [5.74, 6) is 0.941. The van der Waals surface area contributed by atoms with Gasteiger partial charge in [-0.15, -0.1) is 0 Å². The van der Waals surface area contributed by atoms with Gasteiger partial charge in [-0.1, -0.05) is 55.5 Å². The summed E-state index contributed by atoms with van der Waals surface area (Å²) in [6.45, 7) is 6.17. The summed E-state index contributed by atoms with van der Waals surface area (Å²) in [7, 11) is 0. The fourth-order valence-electron chi connectivity index (χ4n) is 4.34. The van der Waals surface area contributed by atoms with E-state index < -0.39 is 0 Å². The van der Waals surface area contributed by atoms with Gasteiger partial charge in [0.05, 0.1) is 17.1 Å². The van der Waals surface area contributed by atoms with Gasteiger partial charge in [-0.25, -0.2) is 4.98 Å². The average Bonchev–Trinajstić information content (AvgIpc) is 2.78. The lowest BCUT2D eigenvalue weighted by molar-refractivity contribution is 0.0936. The lowest BCUT2D eigenvalue weighted by Crippen LogP contribution is -2.33. The van der Waals surface area contributed by atoms with Crippen LogP contribution >= 0.6 is 0 Å². The Kier molecular flexibility index (Phi) is 5.79. The van der Waals surface area contributed by atoms with Gasteiger partial charge in [-0.2, -0.15) is 0 Å². The van der Waals surface area contributed by atoms with Crippen molar-refractivity contribution in [2.45, 2.75) is 45.6 Å². The van der Waals surface area contributed by atoms with E-state index >= 15 is 0 Å². The molecular formula is C25H29N3O. The Bertz CT molecular complexity index is 994. The summed E-state index contributed by atoms with van der Waals surface area (Å²) in [4.78, 5) is 20.8. The quantitative estimate of drug-likeness (QED) is 0.636. The van der Waals surface area contributed by atoms with Crippen molar-refractivity contribution in [3.05, 3.63) is 71.3 Å². The standard InChI is InChI=1S/C25H29N3O/c1-3-21(19-12-6-4-7-13-19)27-25(29)23-18(2)24(28-16-10-5-11-17-28)26-22-15-9-8-14-20(22)23/h4,6-9,12-15,21H,3,5,10-11,16-17H2,1-2H3,(H,27,29). The molecule has 0 aliphatic carbocycles. The van der Waals surface area contributed by atoms with Gasteiger partial charge in [0, 0.05) is 24.0 Å². The second kappa shape index (κ2) is 8.64. The Hall–Kier alpha value is -2.88. The number of amides is 1. The molecule has 4 heteroatoms. The maximum Gasteiger partial charge on any atom is 0.252 e. The van der Waals surface area contributed by atoms with E-state index in [1.165, 1.54) is 19.3 Å². The van der Waals surface area contributed by atoms with E-state index in [1.54, 1.807) is 0 Å². The predicted molar refractivity (Wildman–Crippen MR) is 119 cm³/mol. The van der Waals surface area contributed by atoms with Crippen LogP contribution < -0.4 is 10.2 Å². The molecule has 1 N–H and O–H groups in total. The van der Waals surface area contributed by atoms with Crippen LogP contribution in [0.2, 0.25) is 0 Å². The maximum absolute atomic E-state index is 13.5. The maximum atomic E-state index is 13.5. The average molecular weight is 388 g/mol. The summed E-state index contributed by atoms with van der Waals surface area (Å²) < 4.78 is 0. The topological polar surface area (TPSA) is 45.2 Å². The summed E-state index contributed by atoms with van der Waals surface area (Å²) in [6.07, 6.45) is 4.48. The Morgan fingerprint density at radius 2 is 1.72 bits per heavy atom. The molecule has 0 spiro atoms. The van der Waals surface area contributed by atoms with E-state index in [0.717, 1.165) is 52.9 Å². The number of pyridine rings is 1. The van der Waals surface area contributed by atoms with E-state index in [9.17, 15) is 4.79 Å². The van der Waals surface area contributed by atoms with Crippen molar-refractivity contribution in [1.29, 1.82) is 0 Å².